The van der Waals surface area contributed by atoms with E-state index in [4.69, 9.17) is 19.9 Å². The topological polar surface area (TPSA) is 116 Å². The van der Waals surface area contributed by atoms with Gasteiger partial charge in [-0.2, -0.15) is 15.0 Å². The molecule has 0 unspecified atom stereocenters. The fourth-order valence-electron chi connectivity index (χ4n) is 3.01. The number of hydrogen-bond acceptors (Lipinski definition) is 9. The lowest BCUT2D eigenvalue weighted by Gasteiger charge is -2.21. The highest BCUT2D eigenvalue weighted by atomic mass is 16.5. The molecule has 27 heavy (non-hydrogen) atoms. The SMILES string of the molecule is COc1nc(NCCOCCOCCN)nc(NC2CCCCCCC2)n1. The van der Waals surface area contributed by atoms with Crippen molar-refractivity contribution in [2.75, 3.05) is 57.3 Å². The number of aromatic nitrogens is 3. The third-order valence-electron chi connectivity index (χ3n) is 4.40. The zero-order chi connectivity index (χ0) is 19.2. The molecule has 0 bridgehead atoms. The minimum atomic E-state index is 0.303. The Bertz CT molecular complexity index is 512. The van der Waals surface area contributed by atoms with Crippen LogP contribution in [-0.4, -0.2) is 67.6 Å². The molecule has 2 rings (SSSR count). The summed E-state index contributed by atoms with van der Waals surface area (Å²) in [6, 6.07) is 0.707. The van der Waals surface area contributed by atoms with Crippen LogP contribution in [0.2, 0.25) is 0 Å². The molecule has 0 radical (unpaired) electrons. The summed E-state index contributed by atoms with van der Waals surface area (Å²) in [6.45, 7) is 3.30. The van der Waals surface area contributed by atoms with Crippen LogP contribution in [0.3, 0.4) is 0 Å². The van der Waals surface area contributed by atoms with Crippen molar-refractivity contribution in [3.8, 4) is 6.01 Å². The van der Waals surface area contributed by atoms with Gasteiger partial charge < -0.3 is 30.6 Å². The minimum absolute atomic E-state index is 0.303. The van der Waals surface area contributed by atoms with Gasteiger partial charge in [0, 0.05) is 19.1 Å². The molecule has 1 heterocycles. The lowest BCUT2D eigenvalue weighted by molar-refractivity contribution is 0.0547. The van der Waals surface area contributed by atoms with Gasteiger partial charge in [0.25, 0.3) is 0 Å². The maximum absolute atomic E-state index is 5.49. The maximum atomic E-state index is 5.49. The Hall–Kier alpha value is -1.71. The summed E-state index contributed by atoms with van der Waals surface area (Å²) >= 11 is 0. The van der Waals surface area contributed by atoms with Gasteiger partial charge in [0.05, 0.1) is 33.5 Å². The average molecular weight is 383 g/mol. The van der Waals surface area contributed by atoms with E-state index in [2.05, 4.69) is 25.6 Å². The molecule has 1 saturated carbocycles. The van der Waals surface area contributed by atoms with E-state index >= 15 is 0 Å². The number of nitrogens with one attached hydrogen (secondary N) is 2. The molecule has 0 aromatic carbocycles. The first-order chi connectivity index (χ1) is 13.3. The highest BCUT2D eigenvalue weighted by molar-refractivity contribution is 5.36. The van der Waals surface area contributed by atoms with Crippen LogP contribution in [0.4, 0.5) is 11.9 Å². The van der Waals surface area contributed by atoms with E-state index in [-0.39, 0.29) is 0 Å². The summed E-state index contributed by atoms with van der Waals surface area (Å²) in [6.07, 6.45) is 8.76. The molecule has 0 atom stereocenters. The highest BCUT2D eigenvalue weighted by Crippen LogP contribution is 2.20. The van der Waals surface area contributed by atoms with Crippen LogP contribution in [0.25, 0.3) is 0 Å². The number of rotatable bonds is 12. The van der Waals surface area contributed by atoms with Gasteiger partial charge in [-0.25, -0.2) is 0 Å². The van der Waals surface area contributed by atoms with Gasteiger partial charge in [-0.15, -0.1) is 0 Å². The zero-order valence-corrected chi connectivity index (χ0v) is 16.4. The van der Waals surface area contributed by atoms with Crippen molar-refractivity contribution in [3.05, 3.63) is 0 Å². The van der Waals surface area contributed by atoms with Crippen LogP contribution in [0, 0.1) is 0 Å². The van der Waals surface area contributed by atoms with E-state index in [0.717, 1.165) is 12.8 Å². The van der Waals surface area contributed by atoms with E-state index in [1.54, 1.807) is 7.11 Å². The second kappa shape index (κ2) is 13.5. The molecular weight excluding hydrogens is 348 g/mol. The summed E-state index contributed by atoms with van der Waals surface area (Å²) in [7, 11) is 1.56. The highest BCUT2D eigenvalue weighted by Gasteiger charge is 2.14. The molecule has 4 N–H and O–H groups in total. The summed E-state index contributed by atoms with van der Waals surface area (Å²) in [5, 5.41) is 6.61. The van der Waals surface area contributed by atoms with Crippen LogP contribution in [0.5, 0.6) is 6.01 Å². The monoisotopic (exact) mass is 382 g/mol. The molecule has 0 aliphatic heterocycles. The lowest BCUT2D eigenvalue weighted by atomic mass is 9.97. The second-order valence-corrected chi connectivity index (χ2v) is 6.60. The molecule has 154 valence electrons. The molecule has 1 aromatic heterocycles. The smallest absolute Gasteiger partial charge is 0.322 e. The molecule has 0 spiro atoms. The molecule has 0 saturated heterocycles. The number of anilines is 2. The van der Waals surface area contributed by atoms with E-state index in [0.29, 0.717) is 63.5 Å². The molecule has 9 heteroatoms. The number of methoxy groups -OCH3 is 1. The van der Waals surface area contributed by atoms with Gasteiger partial charge in [0.15, 0.2) is 0 Å². The Morgan fingerprint density at radius 2 is 1.56 bits per heavy atom. The van der Waals surface area contributed by atoms with Crippen LogP contribution in [0.1, 0.15) is 44.9 Å². The van der Waals surface area contributed by atoms with Gasteiger partial charge in [-0.05, 0) is 12.8 Å². The fourth-order valence-corrected chi connectivity index (χ4v) is 3.01. The quantitative estimate of drug-likeness (QED) is 0.465. The first-order valence-electron chi connectivity index (χ1n) is 9.98. The van der Waals surface area contributed by atoms with E-state index < -0.39 is 0 Å². The second-order valence-electron chi connectivity index (χ2n) is 6.60. The Morgan fingerprint density at radius 3 is 2.26 bits per heavy atom. The van der Waals surface area contributed by atoms with Crippen molar-refractivity contribution in [1.29, 1.82) is 0 Å². The molecule has 1 aliphatic rings. The fraction of sp³-hybridized carbons (Fsp3) is 0.833. The number of hydrogen-bond donors (Lipinski definition) is 3. The number of nitrogens with zero attached hydrogens (tertiary/aromatic N) is 3. The summed E-state index contributed by atoms with van der Waals surface area (Å²) in [4.78, 5) is 13.0. The van der Waals surface area contributed by atoms with Gasteiger partial charge >= 0.3 is 6.01 Å². The van der Waals surface area contributed by atoms with Gasteiger partial charge in [-0.3, -0.25) is 0 Å². The Labute approximate surface area is 161 Å². The predicted octanol–water partition coefficient (Wildman–Crippen LogP) is 1.81. The Kier molecular flexibility index (Phi) is 10.8. The van der Waals surface area contributed by atoms with E-state index in [1.807, 2.05) is 0 Å². The van der Waals surface area contributed by atoms with E-state index in [9.17, 15) is 0 Å². The lowest BCUT2D eigenvalue weighted by Crippen LogP contribution is -2.23. The van der Waals surface area contributed by atoms with Gasteiger partial charge in [-0.1, -0.05) is 32.1 Å². The van der Waals surface area contributed by atoms with Gasteiger partial charge in [0.1, 0.15) is 0 Å². The number of nitrogens with two attached hydrogens (primary N) is 1. The Balaban J connectivity index is 1.77. The van der Waals surface area contributed by atoms with Crippen molar-refractivity contribution in [2.45, 2.75) is 51.0 Å². The van der Waals surface area contributed by atoms with Crippen LogP contribution < -0.4 is 21.1 Å². The normalized spacial score (nSPS) is 15.8. The van der Waals surface area contributed by atoms with Crippen LogP contribution in [0.15, 0.2) is 0 Å². The van der Waals surface area contributed by atoms with Crippen molar-refractivity contribution in [1.82, 2.24) is 15.0 Å². The minimum Gasteiger partial charge on any atom is -0.467 e. The summed E-state index contributed by atoms with van der Waals surface area (Å²) < 4.78 is 16.0. The summed E-state index contributed by atoms with van der Waals surface area (Å²) in [5.74, 6) is 1.05. The first kappa shape index (κ1) is 21.6. The largest absolute Gasteiger partial charge is 0.467 e. The van der Waals surface area contributed by atoms with Crippen molar-refractivity contribution < 1.29 is 14.2 Å². The standard InChI is InChI=1S/C18H34N6O3/c1-25-18-23-16(20-10-12-27-14-13-26-11-9-19)22-17(24-18)21-15-7-5-3-2-4-6-8-15/h15H,2-14,19H2,1H3,(H2,20,21,22,23,24). The van der Waals surface area contributed by atoms with Crippen LogP contribution in [-0.2, 0) is 9.47 Å². The maximum Gasteiger partial charge on any atom is 0.322 e. The van der Waals surface area contributed by atoms with Crippen molar-refractivity contribution in [3.63, 3.8) is 0 Å². The third-order valence-corrected chi connectivity index (χ3v) is 4.40. The van der Waals surface area contributed by atoms with E-state index in [1.165, 1.54) is 32.1 Å². The number of ether oxygens (including phenoxy) is 3. The average Bonchev–Trinajstić information content (AvgIpc) is 2.66. The molecule has 9 nitrogen and oxygen atoms in total. The molecule has 1 fully saturated rings. The van der Waals surface area contributed by atoms with Crippen molar-refractivity contribution >= 4 is 11.9 Å². The Morgan fingerprint density at radius 1 is 0.889 bits per heavy atom. The molecule has 0 amide bonds. The zero-order valence-electron chi connectivity index (χ0n) is 16.4. The molecule has 1 aliphatic carbocycles. The third kappa shape index (κ3) is 9.16. The first-order valence-corrected chi connectivity index (χ1v) is 9.98. The van der Waals surface area contributed by atoms with Gasteiger partial charge in [0.2, 0.25) is 11.9 Å². The summed E-state index contributed by atoms with van der Waals surface area (Å²) in [5.41, 5.74) is 5.35. The molecule has 1 aromatic rings. The van der Waals surface area contributed by atoms with Crippen LogP contribution >= 0.6 is 0 Å². The molecular formula is C18H34N6O3. The predicted molar refractivity (Wildman–Crippen MR) is 105 cm³/mol. The van der Waals surface area contributed by atoms with Crippen molar-refractivity contribution in [2.24, 2.45) is 5.73 Å².